The number of nitrogens with zero attached hydrogens (tertiary/aromatic N) is 1. The Kier molecular flexibility index (Phi) is 9.21. The smallest absolute Gasteiger partial charge is 0.489 e. The summed E-state index contributed by atoms with van der Waals surface area (Å²) in [6.45, 7) is 8.10. The highest BCUT2D eigenvalue weighted by Crippen LogP contribution is 2.31. The molecule has 0 unspecified atom stereocenters. The maximum atomic E-state index is 6.24. The van der Waals surface area contributed by atoms with Crippen LogP contribution in [0.5, 0.6) is 17.2 Å². The third-order valence-corrected chi connectivity index (χ3v) is 5.70. The lowest BCUT2D eigenvalue weighted by atomic mass is 10.1. The molecule has 4 aromatic carbocycles. The monoisotopic (exact) mass is 481 g/mol. The number of para-hydroxylation sites is 2. The number of benzene rings is 4. The Balaban J connectivity index is 0.000000444. The van der Waals surface area contributed by atoms with Gasteiger partial charge in [0.25, 0.3) is 0 Å². The lowest BCUT2D eigenvalue weighted by Crippen LogP contribution is -2.38. The molecule has 0 N–H and O–H groups in total. The van der Waals surface area contributed by atoms with E-state index in [4.69, 9.17) is 14.0 Å². The quantitative estimate of drug-likeness (QED) is 0.160. The number of rotatable bonds is 7. The lowest BCUT2D eigenvalue weighted by Gasteiger charge is -2.26. The molecule has 0 heterocycles. The molecule has 0 atom stereocenters. The van der Waals surface area contributed by atoms with Gasteiger partial charge in [-0.1, -0.05) is 49.4 Å². The van der Waals surface area contributed by atoms with E-state index >= 15 is 0 Å². The third-order valence-electron chi connectivity index (χ3n) is 5.70. The first kappa shape index (κ1) is 26.9. The Labute approximate surface area is 216 Å². The van der Waals surface area contributed by atoms with E-state index in [1.54, 1.807) is 0 Å². The molecule has 0 bridgehead atoms. The zero-order chi connectivity index (χ0) is 26.1. The van der Waals surface area contributed by atoms with Gasteiger partial charge in [-0.25, -0.2) is 0 Å². The van der Waals surface area contributed by atoms with Gasteiger partial charge in [0, 0.05) is 0 Å². The minimum Gasteiger partial charge on any atom is -0.489 e. The highest BCUT2D eigenvalue weighted by molar-refractivity contribution is 6.39. The van der Waals surface area contributed by atoms with Gasteiger partial charge in [0.05, 0.1) is 26.7 Å². The van der Waals surface area contributed by atoms with Crippen LogP contribution in [-0.2, 0) is 0 Å². The Morgan fingerprint density at radius 1 is 0.583 bits per heavy atom. The highest BCUT2D eigenvalue weighted by Gasteiger charge is 2.33. The fraction of sp³-hybridized carbons (Fsp3) is 0.226. The summed E-state index contributed by atoms with van der Waals surface area (Å²) in [6.07, 6.45) is 0. The molecule has 0 saturated heterocycles. The molecule has 0 aliphatic heterocycles. The Bertz CT molecular complexity index is 1200. The van der Waals surface area contributed by atoms with E-state index in [9.17, 15) is 0 Å². The fourth-order valence-electron chi connectivity index (χ4n) is 3.70. The molecule has 186 valence electrons. The molecule has 0 aliphatic rings. The molecule has 0 aromatic heterocycles. The van der Waals surface area contributed by atoms with Crippen LogP contribution in [0.3, 0.4) is 0 Å². The van der Waals surface area contributed by atoms with E-state index in [1.165, 1.54) is 11.3 Å². The predicted molar refractivity (Wildman–Crippen MR) is 151 cm³/mol. The molecule has 36 heavy (non-hydrogen) atoms. The predicted octanol–water partition coefficient (Wildman–Crippen LogP) is 7.13. The van der Waals surface area contributed by atoms with Crippen LogP contribution in [0.25, 0.3) is 0 Å². The first-order chi connectivity index (χ1) is 17.1. The summed E-state index contributed by atoms with van der Waals surface area (Å²) < 4.78 is 19.2. The number of hydrogen-bond donors (Lipinski definition) is 0. The molecule has 4 nitrogen and oxygen atoms in total. The van der Waals surface area contributed by atoms with E-state index in [1.807, 2.05) is 106 Å². The van der Waals surface area contributed by atoms with E-state index < -0.39 is 7.32 Å². The van der Waals surface area contributed by atoms with Crippen LogP contribution >= 0.6 is 0 Å². The average Bonchev–Trinajstić information content (AvgIpc) is 2.83. The topological polar surface area (TPSA) is 27.7 Å². The highest BCUT2D eigenvalue weighted by atomic mass is 16.7. The second-order valence-corrected chi connectivity index (χ2v) is 9.63. The van der Waals surface area contributed by atoms with Crippen molar-refractivity contribution in [1.29, 1.82) is 0 Å². The second kappa shape index (κ2) is 12.3. The summed E-state index contributed by atoms with van der Waals surface area (Å²) in [5, 5.41) is 0. The second-order valence-electron chi connectivity index (χ2n) is 9.63. The molecular weight excluding hydrogens is 445 g/mol. The average molecular weight is 481 g/mol. The molecule has 4 rings (SSSR count). The summed E-state index contributed by atoms with van der Waals surface area (Å²) in [5.74, 6) is 2.20. The Morgan fingerprint density at radius 3 is 1.53 bits per heavy atom. The van der Waals surface area contributed by atoms with Gasteiger partial charge < -0.3 is 14.0 Å². The van der Waals surface area contributed by atoms with Crippen LogP contribution in [0.4, 0.5) is 5.69 Å². The Morgan fingerprint density at radius 2 is 1.08 bits per heavy atom. The first-order valence-electron chi connectivity index (χ1n) is 12.1. The van der Waals surface area contributed by atoms with Crippen LogP contribution in [-0.4, -0.2) is 28.5 Å². The fourth-order valence-corrected chi connectivity index (χ4v) is 3.70. The van der Waals surface area contributed by atoms with Gasteiger partial charge in [-0.05, 0) is 56.2 Å². The van der Waals surface area contributed by atoms with Crippen LogP contribution < -0.4 is 18.4 Å². The maximum absolute atomic E-state index is 6.24. The van der Waals surface area contributed by atoms with Gasteiger partial charge in [0.15, 0.2) is 0 Å². The minimum atomic E-state index is -0.918. The van der Waals surface area contributed by atoms with E-state index in [0.717, 1.165) is 33.9 Å². The molecule has 0 amide bonds. The summed E-state index contributed by atoms with van der Waals surface area (Å²) >= 11 is 0. The molecular formula is C31H36BNO3. The number of quaternary nitrogens is 1. The van der Waals surface area contributed by atoms with Crippen molar-refractivity contribution in [1.82, 2.24) is 4.48 Å². The van der Waals surface area contributed by atoms with Crippen molar-refractivity contribution in [3.05, 3.63) is 119 Å². The molecule has 0 fully saturated rings. The van der Waals surface area contributed by atoms with E-state index in [0.29, 0.717) is 4.48 Å². The van der Waals surface area contributed by atoms with Crippen LogP contribution in [0.1, 0.15) is 22.3 Å². The number of hydrogen-bond acceptors (Lipinski definition) is 3. The van der Waals surface area contributed by atoms with Crippen molar-refractivity contribution >= 4 is 13.0 Å². The minimum absolute atomic E-state index is 0.699. The SMILES string of the molecule is Cc1[c-]cccc1.Cc1ccccc1OB(Oc1ccccc1C)Oc1cccc([N+](C)(C)C)c1C. The molecule has 0 saturated carbocycles. The molecule has 4 aromatic rings. The molecule has 0 radical (unpaired) electrons. The van der Waals surface area contributed by atoms with Gasteiger partial charge in [0.2, 0.25) is 0 Å². The normalized spacial score (nSPS) is 10.6. The zero-order valence-electron chi connectivity index (χ0n) is 22.4. The number of aryl methyl sites for hydroxylation is 3. The Hall–Kier alpha value is -3.70. The van der Waals surface area contributed by atoms with Gasteiger partial charge in [-0.3, -0.25) is 4.48 Å². The van der Waals surface area contributed by atoms with Crippen molar-refractivity contribution in [2.24, 2.45) is 0 Å². The largest absolute Gasteiger partial charge is 0.864 e. The van der Waals surface area contributed by atoms with Crippen molar-refractivity contribution in [2.75, 3.05) is 21.1 Å². The van der Waals surface area contributed by atoms with Gasteiger partial charge in [-0.2, -0.15) is 35.9 Å². The van der Waals surface area contributed by atoms with Crippen molar-refractivity contribution in [3.63, 3.8) is 0 Å². The van der Waals surface area contributed by atoms with Gasteiger partial charge >= 0.3 is 7.32 Å². The summed E-state index contributed by atoms with van der Waals surface area (Å²) in [4.78, 5) is 0. The van der Waals surface area contributed by atoms with Crippen LogP contribution in [0.2, 0.25) is 0 Å². The van der Waals surface area contributed by atoms with Gasteiger partial charge in [0.1, 0.15) is 22.9 Å². The van der Waals surface area contributed by atoms with E-state index in [-0.39, 0.29) is 0 Å². The maximum Gasteiger partial charge on any atom is 0.864 e. The van der Waals surface area contributed by atoms with Crippen molar-refractivity contribution < 1.29 is 14.0 Å². The molecule has 0 aliphatic carbocycles. The summed E-state index contributed by atoms with van der Waals surface area (Å²) in [6, 6.07) is 32.7. The summed E-state index contributed by atoms with van der Waals surface area (Å²) in [5.41, 5.74) is 5.47. The van der Waals surface area contributed by atoms with Crippen LogP contribution in [0.15, 0.2) is 91.0 Å². The zero-order valence-corrected chi connectivity index (χ0v) is 22.4. The van der Waals surface area contributed by atoms with Crippen LogP contribution in [0, 0.1) is 33.8 Å². The first-order valence-corrected chi connectivity index (χ1v) is 12.1. The third kappa shape index (κ3) is 7.66. The molecule has 0 spiro atoms. The van der Waals surface area contributed by atoms with E-state index in [2.05, 4.69) is 40.2 Å². The molecule has 5 heteroatoms. The summed E-state index contributed by atoms with van der Waals surface area (Å²) in [7, 11) is 5.49. The standard InChI is InChI=1S/C24H29BNO3.C7H7/c1-18-12-7-9-15-22(18)27-25(28-23-16-10-8-13-19(23)2)29-24-17-11-14-21(20(24)3)26(4,5)6;1-7-5-3-2-4-6-7/h7-17H,1-6H3;2-5H,1H3/q+1;-1. The lowest BCUT2D eigenvalue weighted by molar-refractivity contribution is 0.304. The van der Waals surface area contributed by atoms with Gasteiger partial charge in [-0.15, -0.1) is 0 Å². The van der Waals surface area contributed by atoms with Crippen molar-refractivity contribution in [2.45, 2.75) is 27.7 Å². The van der Waals surface area contributed by atoms with Crippen molar-refractivity contribution in [3.8, 4) is 17.2 Å².